The number of hydrogen-bond donors (Lipinski definition) is 1. The molecule has 2 aromatic rings. The van der Waals surface area contributed by atoms with Gasteiger partial charge in [-0.2, -0.15) is 0 Å². The number of methoxy groups -OCH3 is 1. The normalized spacial score (nSPS) is 20.1. The summed E-state index contributed by atoms with van der Waals surface area (Å²) in [6.45, 7) is 8.79. The maximum Gasteiger partial charge on any atom is 0.225 e. The number of likely N-dealkylation sites (tertiary alicyclic amines) is 1. The fourth-order valence-electron chi connectivity index (χ4n) is 5.23. The van der Waals surface area contributed by atoms with Crippen LogP contribution in [0.25, 0.3) is 0 Å². The molecule has 5 nitrogen and oxygen atoms in total. The Labute approximate surface area is 198 Å². The maximum atomic E-state index is 12.9. The van der Waals surface area contributed by atoms with Crippen LogP contribution < -0.4 is 10.1 Å². The first-order valence-electron chi connectivity index (χ1n) is 12.5. The Morgan fingerprint density at radius 1 is 1.18 bits per heavy atom. The van der Waals surface area contributed by atoms with E-state index in [4.69, 9.17) is 4.74 Å². The lowest BCUT2D eigenvalue weighted by molar-refractivity contribution is -0.130. The summed E-state index contributed by atoms with van der Waals surface area (Å²) in [6, 6.07) is 10.6. The Morgan fingerprint density at radius 3 is 2.61 bits per heavy atom. The van der Waals surface area contributed by atoms with Crippen LogP contribution in [0.4, 0.5) is 0 Å². The third kappa shape index (κ3) is 5.75. The molecule has 2 atom stereocenters. The molecule has 178 valence electrons. The summed E-state index contributed by atoms with van der Waals surface area (Å²) >= 11 is 0. The molecule has 4 rings (SSSR count). The monoisotopic (exact) mass is 449 g/mol. The van der Waals surface area contributed by atoms with E-state index in [1.807, 2.05) is 45.2 Å². The number of nitrogens with one attached hydrogen (secondary N) is 1. The van der Waals surface area contributed by atoms with E-state index in [0.717, 1.165) is 50.3 Å². The maximum absolute atomic E-state index is 12.9. The molecule has 1 N–H and O–H groups in total. The van der Waals surface area contributed by atoms with E-state index in [0.29, 0.717) is 5.92 Å². The Kier molecular flexibility index (Phi) is 7.38. The molecule has 1 aliphatic carbocycles. The molecule has 2 heterocycles. The molecule has 1 fully saturated rings. The fourth-order valence-corrected chi connectivity index (χ4v) is 5.23. The van der Waals surface area contributed by atoms with Gasteiger partial charge >= 0.3 is 0 Å². The van der Waals surface area contributed by atoms with Crippen molar-refractivity contribution in [3.8, 4) is 5.75 Å². The van der Waals surface area contributed by atoms with Gasteiger partial charge in [0.25, 0.3) is 0 Å². The van der Waals surface area contributed by atoms with Crippen LogP contribution in [-0.2, 0) is 24.2 Å². The van der Waals surface area contributed by atoms with Crippen LogP contribution >= 0.6 is 0 Å². The second kappa shape index (κ2) is 10.3. The fraction of sp³-hybridized carbons (Fsp3) is 0.571. The lowest BCUT2D eigenvalue weighted by Gasteiger charge is -2.38. The highest BCUT2D eigenvalue weighted by Gasteiger charge is 2.33. The Hall–Kier alpha value is -2.40. The van der Waals surface area contributed by atoms with E-state index in [-0.39, 0.29) is 11.9 Å². The predicted octanol–water partition coefficient (Wildman–Crippen LogP) is 5.08. The minimum absolute atomic E-state index is 0.0756. The number of amides is 1. The number of ether oxygens (including phenoxy) is 1. The van der Waals surface area contributed by atoms with E-state index in [2.05, 4.69) is 27.3 Å². The summed E-state index contributed by atoms with van der Waals surface area (Å²) in [4.78, 5) is 20.1. The number of fused-ring (bicyclic) bond motifs is 1. The van der Waals surface area contributed by atoms with E-state index in [1.54, 1.807) is 7.11 Å². The van der Waals surface area contributed by atoms with Crippen molar-refractivity contribution in [2.75, 3.05) is 20.2 Å². The van der Waals surface area contributed by atoms with Gasteiger partial charge in [0.1, 0.15) is 5.75 Å². The van der Waals surface area contributed by atoms with Gasteiger partial charge in [0.15, 0.2) is 0 Å². The molecule has 2 unspecified atom stereocenters. The van der Waals surface area contributed by atoms with Gasteiger partial charge < -0.3 is 10.1 Å². The minimum Gasteiger partial charge on any atom is -0.496 e. The van der Waals surface area contributed by atoms with Crippen LogP contribution in [0.1, 0.15) is 74.9 Å². The van der Waals surface area contributed by atoms with Crippen molar-refractivity contribution < 1.29 is 9.53 Å². The highest BCUT2D eigenvalue weighted by atomic mass is 16.5. The largest absolute Gasteiger partial charge is 0.496 e. The summed E-state index contributed by atoms with van der Waals surface area (Å²) in [7, 11) is 1.78. The Balaban J connectivity index is 1.53. The molecule has 0 bridgehead atoms. The number of carbonyl (C=O) groups excluding carboxylic acids is 1. The number of hydrogen-bond acceptors (Lipinski definition) is 4. The lowest BCUT2D eigenvalue weighted by atomic mass is 9.86. The molecule has 33 heavy (non-hydrogen) atoms. The highest BCUT2D eigenvalue weighted by molar-refractivity contribution is 5.81. The number of carbonyl (C=O) groups is 1. The number of benzene rings is 1. The van der Waals surface area contributed by atoms with Crippen molar-refractivity contribution in [2.24, 2.45) is 11.3 Å². The van der Waals surface area contributed by atoms with Gasteiger partial charge in [0.2, 0.25) is 5.91 Å². The SMILES string of the molecule is COc1cc2c(cc1CN1CCCC(C(NC(=O)C(C)(C)C)c3ccccn3)C1)CCCC2. The Bertz CT molecular complexity index is 952. The molecular weight excluding hydrogens is 410 g/mol. The van der Waals surface area contributed by atoms with Crippen molar-refractivity contribution in [1.82, 2.24) is 15.2 Å². The quantitative estimate of drug-likeness (QED) is 0.668. The van der Waals surface area contributed by atoms with Crippen molar-refractivity contribution in [3.63, 3.8) is 0 Å². The zero-order valence-electron chi connectivity index (χ0n) is 20.7. The molecule has 1 aromatic heterocycles. The first-order valence-corrected chi connectivity index (χ1v) is 12.5. The predicted molar refractivity (Wildman–Crippen MR) is 132 cm³/mol. The van der Waals surface area contributed by atoms with Gasteiger partial charge in [0.05, 0.1) is 18.8 Å². The molecule has 1 saturated heterocycles. The zero-order chi connectivity index (χ0) is 23.4. The lowest BCUT2D eigenvalue weighted by Crippen LogP contribution is -2.45. The topological polar surface area (TPSA) is 54.5 Å². The number of rotatable bonds is 6. The van der Waals surface area contributed by atoms with E-state index in [1.165, 1.54) is 36.0 Å². The first-order chi connectivity index (χ1) is 15.8. The number of piperidine rings is 1. The molecule has 1 amide bonds. The van der Waals surface area contributed by atoms with E-state index >= 15 is 0 Å². The summed E-state index contributed by atoms with van der Waals surface area (Å²) < 4.78 is 5.79. The summed E-state index contributed by atoms with van der Waals surface area (Å²) in [5, 5.41) is 3.34. The van der Waals surface area contributed by atoms with Crippen LogP contribution in [0, 0.1) is 11.3 Å². The molecular formula is C28H39N3O2. The smallest absolute Gasteiger partial charge is 0.225 e. The molecule has 0 saturated carbocycles. The Morgan fingerprint density at radius 2 is 1.94 bits per heavy atom. The van der Waals surface area contributed by atoms with Crippen molar-refractivity contribution in [2.45, 2.75) is 71.9 Å². The van der Waals surface area contributed by atoms with Crippen LogP contribution in [-0.4, -0.2) is 36.0 Å². The van der Waals surface area contributed by atoms with Crippen LogP contribution in [0.3, 0.4) is 0 Å². The number of aromatic nitrogens is 1. The number of pyridine rings is 1. The average Bonchev–Trinajstić information content (AvgIpc) is 2.82. The van der Waals surface area contributed by atoms with Crippen molar-refractivity contribution >= 4 is 5.91 Å². The average molecular weight is 450 g/mol. The zero-order valence-corrected chi connectivity index (χ0v) is 20.7. The van der Waals surface area contributed by atoms with Gasteiger partial charge in [-0.3, -0.25) is 14.7 Å². The third-order valence-corrected chi connectivity index (χ3v) is 7.13. The second-order valence-corrected chi connectivity index (χ2v) is 10.7. The highest BCUT2D eigenvalue weighted by Crippen LogP contribution is 2.34. The van der Waals surface area contributed by atoms with Crippen LogP contribution in [0.5, 0.6) is 5.75 Å². The van der Waals surface area contributed by atoms with E-state index in [9.17, 15) is 4.79 Å². The molecule has 1 aromatic carbocycles. The second-order valence-electron chi connectivity index (χ2n) is 10.7. The van der Waals surface area contributed by atoms with Gasteiger partial charge in [-0.1, -0.05) is 32.9 Å². The van der Waals surface area contributed by atoms with Gasteiger partial charge in [-0.15, -0.1) is 0 Å². The summed E-state index contributed by atoms with van der Waals surface area (Å²) in [6.07, 6.45) is 8.93. The van der Waals surface area contributed by atoms with Crippen LogP contribution in [0.15, 0.2) is 36.5 Å². The first kappa shape index (κ1) is 23.7. The van der Waals surface area contributed by atoms with Gasteiger partial charge in [-0.05, 0) is 80.3 Å². The summed E-state index contributed by atoms with van der Waals surface area (Å²) in [5.41, 5.74) is 4.76. The molecule has 0 spiro atoms. The van der Waals surface area contributed by atoms with Gasteiger partial charge in [0, 0.05) is 30.3 Å². The molecule has 5 heteroatoms. The number of nitrogens with zero attached hydrogens (tertiary/aromatic N) is 2. The van der Waals surface area contributed by atoms with Crippen molar-refractivity contribution in [3.05, 3.63) is 58.9 Å². The minimum atomic E-state index is -0.433. The van der Waals surface area contributed by atoms with E-state index < -0.39 is 5.41 Å². The van der Waals surface area contributed by atoms with Crippen LogP contribution in [0.2, 0.25) is 0 Å². The standard InChI is InChI=1S/C28H39N3O2/c1-28(2,3)27(32)30-26(24-13-7-8-14-29-24)22-12-9-15-31(18-22)19-23-16-20-10-5-6-11-21(20)17-25(23)33-4/h7-8,13-14,16-17,22,26H,5-6,9-12,15,18-19H2,1-4H3,(H,30,32). The molecule has 1 aliphatic heterocycles. The van der Waals surface area contributed by atoms with Crippen molar-refractivity contribution in [1.29, 1.82) is 0 Å². The molecule has 0 radical (unpaired) electrons. The number of aryl methyl sites for hydroxylation is 2. The third-order valence-electron chi connectivity index (χ3n) is 7.13. The molecule has 2 aliphatic rings. The van der Waals surface area contributed by atoms with Gasteiger partial charge in [-0.25, -0.2) is 0 Å². The summed E-state index contributed by atoms with van der Waals surface area (Å²) in [5.74, 6) is 1.41.